The molecule has 0 radical (unpaired) electrons. The Balaban J connectivity index is 3.14. The van der Waals surface area contributed by atoms with Crippen LogP contribution in [0.5, 0.6) is 0 Å². The molecule has 0 aliphatic carbocycles. The molecule has 0 saturated heterocycles. The van der Waals surface area contributed by atoms with Crippen LogP contribution in [0.4, 0.5) is 0 Å². The monoisotopic (exact) mass is 216 g/mol. The minimum atomic E-state index is 0.0812. The van der Waals surface area contributed by atoms with Crippen molar-refractivity contribution in [3.8, 4) is 0 Å². The number of amides is 1. The molecule has 2 N–H and O–H groups in total. The third-order valence-electron chi connectivity index (χ3n) is 1.52. The number of hydrogen-bond acceptors (Lipinski definition) is 3. The van der Waals surface area contributed by atoms with Gasteiger partial charge in [0.05, 0.1) is 6.54 Å². The molecule has 0 unspecified atom stereocenters. The molecule has 4 heteroatoms. The normalized spacial score (nSPS) is 9.79. The van der Waals surface area contributed by atoms with Crippen LogP contribution in [0.2, 0.25) is 0 Å². The summed E-state index contributed by atoms with van der Waals surface area (Å²) in [6, 6.07) is 0. The number of hydrogen-bond donors (Lipinski definition) is 2. The fourth-order valence-electron chi connectivity index (χ4n) is 0.870. The Morgan fingerprint density at radius 1 is 1.50 bits per heavy atom. The molecule has 0 rings (SSSR count). The van der Waals surface area contributed by atoms with Crippen molar-refractivity contribution in [2.45, 2.75) is 13.3 Å². The third kappa shape index (κ3) is 9.61. The first-order valence-electron chi connectivity index (χ1n) is 4.97. The Morgan fingerprint density at radius 3 is 2.93 bits per heavy atom. The van der Waals surface area contributed by atoms with E-state index in [1.807, 2.05) is 6.08 Å². The van der Waals surface area contributed by atoms with E-state index in [1.54, 1.807) is 11.8 Å². The van der Waals surface area contributed by atoms with E-state index in [9.17, 15) is 4.79 Å². The summed E-state index contributed by atoms with van der Waals surface area (Å²) >= 11 is 1.77. The molecular formula is C10H20N2OS. The van der Waals surface area contributed by atoms with E-state index >= 15 is 0 Å². The summed E-state index contributed by atoms with van der Waals surface area (Å²) < 4.78 is 0. The first-order chi connectivity index (χ1) is 6.81. The summed E-state index contributed by atoms with van der Waals surface area (Å²) in [6.45, 7) is 7.78. The van der Waals surface area contributed by atoms with Crippen LogP contribution in [-0.4, -0.2) is 37.0 Å². The van der Waals surface area contributed by atoms with Crippen LogP contribution >= 0.6 is 11.8 Å². The largest absolute Gasteiger partial charge is 0.354 e. The van der Waals surface area contributed by atoms with Crippen LogP contribution in [-0.2, 0) is 4.79 Å². The second kappa shape index (κ2) is 10.6. The van der Waals surface area contributed by atoms with Crippen molar-refractivity contribution in [2.24, 2.45) is 0 Å². The maximum absolute atomic E-state index is 11.1. The molecule has 0 atom stereocenters. The lowest BCUT2D eigenvalue weighted by Crippen LogP contribution is -2.35. The summed E-state index contributed by atoms with van der Waals surface area (Å²) in [5.41, 5.74) is 0. The number of nitrogens with one attached hydrogen (secondary N) is 2. The van der Waals surface area contributed by atoms with Gasteiger partial charge in [0.15, 0.2) is 0 Å². The zero-order valence-electron chi connectivity index (χ0n) is 8.84. The summed E-state index contributed by atoms with van der Waals surface area (Å²) in [5, 5.41) is 5.90. The Labute approximate surface area is 90.7 Å². The van der Waals surface area contributed by atoms with Gasteiger partial charge in [0.25, 0.3) is 0 Å². The van der Waals surface area contributed by atoms with Gasteiger partial charge in [-0.15, -0.1) is 6.58 Å². The highest BCUT2D eigenvalue weighted by Crippen LogP contribution is 1.96. The molecule has 0 aromatic heterocycles. The molecule has 0 aromatic carbocycles. The van der Waals surface area contributed by atoms with Gasteiger partial charge < -0.3 is 10.6 Å². The van der Waals surface area contributed by atoms with Crippen LogP contribution in [0.15, 0.2) is 12.7 Å². The lowest BCUT2D eigenvalue weighted by molar-refractivity contribution is -0.120. The fourth-order valence-corrected chi connectivity index (χ4v) is 1.45. The standard InChI is InChI=1S/C10H20N2OS/c1-3-5-11-9-10(13)12-6-8-14-7-4-2/h4,11H,2-3,5-9H2,1H3,(H,12,13). The van der Waals surface area contributed by atoms with Crippen LogP contribution in [0.25, 0.3) is 0 Å². The lowest BCUT2D eigenvalue weighted by atomic mass is 10.4. The SMILES string of the molecule is C=CCSCCNC(=O)CNCCC. The molecule has 1 amide bonds. The molecular weight excluding hydrogens is 196 g/mol. The number of carbonyl (C=O) groups is 1. The number of carbonyl (C=O) groups excluding carboxylic acids is 1. The molecule has 14 heavy (non-hydrogen) atoms. The zero-order valence-corrected chi connectivity index (χ0v) is 9.66. The molecule has 0 saturated carbocycles. The first-order valence-corrected chi connectivity index (χ1v) is 6.12. The van der Waals surface area contributed by atoms with E-state index in [2.05, 4.69) is 24.1 Å². The summed E-state index contributed by atoms with van der Waals surface area (Å²) in [6.07, 6.45) is 2.93. The molecule has 82 valence electrons. The Bertz CT molecular complexity index is 162. The average molecular weight is 216 g/mol. The highest BCUT2D eigenvalue weighted by atomic mass is 32.2. The minimum absolute atomic E-state index is 0.0812. The summed E-state index contributed by atoms with van der Waals surface area (Å²) in [4.78, 5) is 11.1. The van der Waals surface area contributed by atoms with Crippen molar-refractivity contribution in [1.82, 2.24) is 10.6 Å². The lowest BCUT2D eigenvalue weighted by Gasteiger charge is -2.05. The predicted octanol–water partition coefficient (Wildman–Crippen LogP) is 1.02. The van der Waals surface area contributed by atoms with Gasteiger partial charge in [-0.05, 0) is 13.0 Å². The van der Waals surface area contributed by atoms with Gasteiger partial charge in [0.1, 0.15) is 0 Å². The van der Waals surface area contributed by atoms with E-state index in [0.717, 1.165) is 31.0 Å². The topological polar surface area (TPSA) is 41.1 Å². The smallest absolute Gasteiger partial charge is 0.233 e. The van der Waals surface area contributed by atoms with Gasteiger partial charge in [-0.3, -0.25) is 4.79 Å². The zero-order chi connectivity index (χ0) is 10.6. The Morgan fingerprint density at radius 2 is 2.29 bits per heavy atom. The first kappa shape index (κ1) is 13.5. The van der Waals surface area contributed by atoms with E-state index in [1.165, 1.54) is 0 Å². The maximum Gasteiger partial charge on any atom is 0.233 e. The van der Waals surface area contributed by atoms with Crippen molar-refractivity contribution >= 4 is 17.7 Å². The predicted molar refractivity (Wildman–Crippen MR) is 63.7 cm³/mol. The van der Waals surface area contributed by atoms with Crippen molar-refractivity contribution in [2.75, 3.05) is 31.1 Å². The average Bonchev–Trinajstić information content (AvgIpc) is 2.18. The molecule has 0 aliphatic rings. The van der Waals surface area contributed by atoms with E-state index in [4.69, 9.17) is 0 Å². The van der Waals surface area contributed by atoms with Gasteiger partial charge in [0.2, 0.25) is 5.91 Å². The molecule has 0 bridgehead atoms. The van der Waals surface area contributed by atoms with Crippen molar-refractivity contribution in [3.05, 3.63) is 12.7 Å². The second-order valence-electron chi connectivity index (χ2n) is 2.89. The molecule has 3 nitrogen and oxygen atoms in total. The van der Waals surface area contributed by atoms with Gasteiger partial charge in [0, 0.05) is 18.1 Å². The Kier molecular flexibility index (Phi) is 10.2. The van der Waals surface area contributed by atoms with Crippen LogP contribution < -0.4 is 10.6 Å². The molecule has 0 spiro atoms. The van der Waals surface area contributed by atoms with Crippen molar-refractivity contribution < 1.29 is 4.79 Å². The fraction of sp³-hybridized carbons (Fsp3) is 0.700. The van der Waals surface area contributed by atoms with E-state index in [-0.39, 0.29) is 5.91 Å². The quantitative estimate of drug-likeness (QED) is 0.447. The summed E-state index contributed by atoms with van der Waals surface area (Å²) in [7, 11) is 0. The number of thioether (sulfide) groups is 1. The van der Waals surface area contributed by atoms with Crippen molar-refractivity contribution in [1.29, 1.82) is 0 Å². The maximum atomic E-state index is 11.1. The van der Waals surface area contributed by atoms with E-state index in [0.29, 0.717) is 6.54 Å². The Hall–Kier alpha value is -0.480. The minimum Gasteiger partial charge on any atom is -0.354 e. The number of rotatable bonds is 9. The van der Waals surface area contributed by atoms with Crippen LogP contribution in [0.3, 0.4) is 0 Å². The van der Waals surface area contributed by atoms with Gasteiger partial charge in [-0.1, -0.05) is 13.0 Å². The molecule has 0 fully saturated rings. The highest BCUT2D eigenvalue weighted by Gasteiger charge is 1.97. The second-order valence-corrected chi connectivity index (χ2v) is 4.04. The van der Waals surface area contributed by atoms with Gasteiger partial charge in [-0.25, -0.2) is 0 Å². The molecule has 0 heterocycles. The summed E-state index contributed by atoms with van der Waals surface area (Å²) in [5.74, 6) is 1.98. The molecule has 0 aliphatic heterocycles. The highest BCUT2D eigenvalue weighted by molar-refractivity contribution is 7.99. The van der Waals surface area contributed by atoms with E-state index < -0.39 is 0 Å². The van der Waals surface area contributed by atoms with Crippen LogP contribution in [0.1, 0.15) is 13.3 Å². The third-order valence-corrected chi connectivity index (χ3v) is 2.48. The molecule has 0 aromatic rings. The van der Waals surface area contributed by atoms with Crippen LogP contribution in [0, 0.1) is 0 Å². The van der Waals surface area contributed by atoms with Gasteiger partial charge >= 0.3 is 0 Å². The van der Waals surface area contributed by atoms with Gasteiger partial charge in [-0.2, -0.15) is 11.8 Å². The van der Waals surface area contributed by atoms with Crippen molar-refractivity contribution in [3.63, 3.8) is 0 Å².